The summed E-state index contributed by atoms with van der Waals surface area (Å²) in [7, 11) is 1.36. The lowest BCUT2D eigenvalue weighted by Gasteiger charge is -2.14. The van der Waals surface area contributed by atoms with Crippen molar-refractivity contribution in [3.05, 3.63) is 106 Å². The van der Waals surface area contributed by atoms with Gasteiger partial charge in [-0.15, -0.1) is 0 Å². The van der Waals surface area contributed by atoms with Crippen molar-refractivity contribution in [1.82, 2.24) is 10.2 Å². The Hall–Kier alpha value is -5.49. The molecule has 0 atom stereocenters. The number of carbonyl (C=O) groups is 2. The second kappa shape index (κ2) is 10.8. The lowest BCUT2D eigenvalue weighted by atomic mass is 9.95. The zero-order chi connectivity index (χ0) is 26.4. The van der Waals surface area contributed by atoms with Gasteiger partial charge in [0.1, 0.15) is 17.2 Å². The number of rotatable bonds is 7. The van der Waals surface area contributed by atoms with E-state index in [1.165, 1.54) is 31.4 Å². The van der Waals surface area contributed by atoms with E-state index < -0.39 is 17.4 Å². The lowest BCUT2D eigenvalue weighted by Crippen LogP contribution is -2.25. The molecule has 0 saturated carbocycles. The number of aromatic amines is 1. The molecule has 182 valence electrons. The number of primary amides is 1. The number of hydrogen-bond donors (Lipinski definition) is 2. The highest BCUT2D eigenvalue weighted by Gasteiger charge is 2.25. The first-order valence-corrected chi connectivity index (χ1v) is 11.0. The molecular formula is C28H20N4O5. The third kappa shape index (κ3) is 5.28. The van der Waals surface area contributed by atoms with Crippen LogP contribution in [0.2, 0.25) is 0 Å². The summed E-state index contributed by atoms with van der Waals surface area (Å²) in [4.78, 5) is 37.7. The zero-order valence-electron chi connectivity index (χ0n) is 19.6. The number of aromatic nitrogens is 2. The van der Waals surface area contributed by atoms with Gasteiger partial charge in [0.05, 0.1) is 12.8 Å². The minimum atomic E-state index is -0.920. The van der Waals surface area contributed by atoms with Crippen molar-refractivity contribution in [2.75, 3.05) is 7.11 Å². The van der Waals surface area contributed by atoms with E-state index in [0.717, 1.165) is 0 Å². The quantitative estimate of drug-likeness (QED) is 0.173. The number of methoxy groups -OCH3 is 1. The number of nitriles is 1. The molecule has 37 heavy (non-hydrogen) atoms. The average molecular weight is 492 g/mol. The molecule has 3 N–H and O–H groups in total. The van der Waals surface area contributed by atoms with Crippen molar-refractivity contribution in [2.24, 2.45) is 5.73 Å². The number of esters is 1. The third-order valence-corrected chi connectivity index (χ3v) is 5.38. The molecule has 0 fully saturated rings. The van der Waals surface area contributed by atoms with Crippen LogP contribution < -0.4 is 20.8 Å². The highest BCUT2D eigenvalue weighted by atomic mass is 16.6. The summed E-state index contributed by atoms with van der Waals surface area (Å²) < 4.78 is 10.9. The van der Waals surface area contributed by atoms with Gasteiger partial charge in [-0.3, -0.25) is 9.59 Å². The maximum Gasteiger partial charge on any atom is 0.350 e. The molecule has 0 aliphatic carbocycles. The minimum Gasteiger partial charge on any atom is -0.493 e. The first-order valence-electron chi connectivity index (χ1n) is 11.0. The highest BCUT2D eigenvalue weighted by Crippen LogP contribution is 2.34. The van der Waals surface area contributed by atoms with Crippen LogP contribution in [0.1, 0.15) is 15.9 Å². The Labute approximate surface area is 211 Å². The predicted molar refractivity (Wildman–Crippen MR) is 136 cm³/mol. The van der Waals surface area contributed by atoms with Crippen LogP contribution in [0.4, 0.5) is 0 Å². The summed E-state index contributed by atoms with van der Waals surface area (Å²) in [6.07, 6.45) is 1.28. The van der Waals surface area contributed by atoms with Crippen LogP contribution in [-0.2, 0) is 4.79 Å². The molecule has 9 nitrogen and oxygen atoms in total. The number of nitrogens with zero attached hydrogens (tertiary/aromatic N) is 2. The fourth-order valence-corrected chi connectivity index (χ4v) is 3.67. The average Bonchev–Trinajstić information content (AvgIpc) is 2.92. The lowest BCUT2D eigenvalue weighted by molar-refractivity contribution is -0.114. The summed E-state index contributed by atoms with van der Waals surface area (Å²) in [6, 6.07) is 24.2. The largest absolute Gasteiger partial charge is 0.493 e. The monoisotopic (exact) mass is 492 g/mol. The number of hydrogen-bond acceptors (Lipinski definition) is 7. The number of nitrogens with two attached hydrogens (primary N) is 1. The molecule has 9 heteroatoms. The minimum absolute atomic E-state index is 0.0266. The molecule has 0 saturated heterocycles. The van der Waals surface area contributed by atoms with Crippen molar-refractivity contribution in [3.8, 4) is 40.0 Å². The van der Waals surface area contributed by atoms with Crippen LogP contribution in [0.25, 0.3) is 28.5 Å². The number of carbonyl (C=O) groups excluding carboxylic acids is 2. The summed E-state index contributed by atoms with van der Waals surface area (Å²) >= 11 is 0. The van der Waals surface area contributed by atoms with Crippen molar-refractivity contribution < 1.29 is 19.1 Å². The number of benzene rings is 3. The smallest absolute Gasteiger partial charge is 0.350 e. The summed E-state index contributed by atoms with van der Waals surface area (Å²) in [6.45, 7) is 0. The number of nitrogens with one attached hydrogen (secondary N) is 1. The normalized spacial score (nSPS) is 10.9. The third-order valence-electron chi connectivity index (χ3n) is 5.38. The first kappa shape index (κ1) is 24.6. The molecular weight excluding hydrogens is 472 g/mol. The van der Waals surface area contributed by atoms with Gasteiger partial charge < -0.3 is 15.2 Å². The number of ether oxygens (including phenoxy) is 2. The van der Waals surface area contributed by atoms with E-state index in [1.807, 2.05) is 36.4 Å². The van der Waals surface area contributed by atoms with Gasteiger partial charge in [0.15, 0.2) is 11.5 Å². The molecule has 0 radical (unpaired) electrons. The van der Waals surface area contributed by atoms with E-state index in [9.17, 15) is 14.4 Å². The van der Waals surface area contributed by atoms with Gasteiger partial charge in [0.25, 0.3) is 11.5 Å². The van der Waals surface area contributed by atoms with Crippen molar-refractivity contribution in [1.29, 1.82) is 5.26 Å². The van der Waals surface area contributed by atoms with Gasteiger partial charge in [0.2, 0.25) is 0 Å². The molecule has 0 aliphatic heterocycles. The molecule has 3 aromatic carbocycles. The van der Waals surface area contributed by atoms with Crippen molar-refractivity contribution in [3.63, 3.8) is 0 Å². The van der Waals surface area contributed by atoms with E-state index in [1.54, 1.807) is 30.3 Å². The van der Waals surface area contributed by atoms with Crippen LogP contribution >= 0.6 is 0 Å². The topological polar surface area (TPSA) is 148 Å². The summed E-state index contributed by atoms with van der Waals surface area (Å²) in [5.74, 6) is -1.63. The Bertz CT molecular complexity index is 1600. The van der Waals surface area contributed by atoms with Gasteiger partial charge in [-0.2, -0.15) is 10.4 Å². The summed E-state index contributed by atoms with van der Waals surface area (Å²) in [5, 5.41) is 15.7. The van der Waals surface area contributed by atoms with E-state index in [-0.39, 0.29) is 22.6 Å². The van der Waals surface area contributed by atoms with E-state index in [4.69, 9.17) is 20.5 Å². The van der Waals surface area contributed by atoms with Crippen molar-refractivity contribution >= 4 is 18.0 Å². The Kier molecular flexibility index (Phi) is 7.21. The van der Waals surface area contributed by atoms with Crippen LogP contribution in [0, 0.1) is 11.3 Å². The van der Waals surface area contributed by atoms with Gasteiger partial charge in [-0.25, -0.2) is 9.89 Å². The highest BCUT2D eigenvalue weighted by molar-refractivity contribution is 6.02. The maximum atomic E-state index is 13.4. The van der Waals surface area contributed by atoms with E-state index >= 15 is 0 Å². The van der Waals surface area contributed by atoms with Crippen LogP contribution in [0.5, 0.6) is 11.5 Å². The Morgan fingerprint density at radius 1 is 0.973 bits per heavy atom. The molecule has 4 aromatic rings. The van der Waals surface area contributed by atoms with Crippen molar-refractivity contribution in [2.45, 2.75) is 0 Å². The van der Waals surface area contributed by atoms with E-state index in [0.29, 0.717) is 27.9 Å². The predicted octanol–water partition coefficient (Wildman–Crippen LogP) is 3.72. The fourth-order valence-electron chi connectivity index (χ4n) is 3.67. The van der Waals surface area contributed by atoms with E-state index in [2.05, 4.69) is 10.2 Å². The molecule has 1 heterocycles. The summed E-state index contributed by atoms with van der Waals surface area (Å²) in [5.41, 5.74) is 6.43. The fraction of sp³-hybridized carbons (Fsp3) is 0.0357. The van der Waals surface area contributed by atoms with Gasteiger partial charge in [0, 0.05) is 11.1 Å². The second-order valence-corrected chi connectivity index (χ2v) is 7.72. The van der Waals surface area contributed by atoms with Gasteiger partial charge >= 0.3 is 5.97 Å². The Balaban J connectivity index is 1.81. The molecule has 0 spiro atoms. The Morgan fingerprint density at radius 2 is 1.62 bits per heavy atom. The number of H-pyrrole nitrogens is 1. The molecule has 0 aliphatic rings. The molecule has 0 unspecified atom stereocenters. The van der Waals surface area contributed by atoms with Crippen LogP contribution in [0.15, 0.2) is 89.2 Å². The van der Waals surface area contributed by atoms with Crippen LogP contribution in [0.3, 0.4) is 0 Å². The molecule has 0 bridgehead atoms. The SMILES string of the molecule is COc1cc(/C=C(/C#N)C(N)=O)ccc1OC(=O)c1c(-c2ccccc2)c(-c2ccccc2)n[nH]c1=O. The van der Waals surface area contributed by atoms with Gasteiger partial charge in [-0.05, 0) is 29.3 Å². The second-order valence-electron chi connectivity index (χ2n) is 7.72. The molecule has 1 aromatic heterocycles. The first-order chi connectivity index (χ1) is 17.9. The van der Waals surface area contributed by atoms with Gasteiger partial charge in [-0.1, -0.05) is 66.7 Å². The zero-order valence-corrected chi connectivity index (χ0v) is 19.6. The maximum absolute atomic E-state index is 13.4. The number of amides is 1. The molecule has 4 rings (SSSR count). The van der Waals surface area contributed by atoms with Crippen LogP contribution in [-0.4, -0.2) is 29.2 Å². The standard InChI is InChI=1S/C28H20N4O5/c1-36-22-15-17(14-20(16-29)26(30)33)12-13-21(22)37-28(35)24-23(18-8-4-2-5-9-18)25(31-32-27(24)34)19-10-6-3-7-11-19/h2-15H,1H3,(H2,30,33)(H,32,34)/b20-14-. The molecule has 1 amide bonds. The Morgan fingerprint density at radius 3 is 2.22 bits per heavy atom.